The zero-order chi connectivity index (χ0) is 10.2. The Kier molecular flexibility index (Phi) is 12.7. The number of nitriles is 4. The first-order valence-corrected chi connectivity index (χ1v) is 33.7. The molecule has 0 unspecified atom stereocenters. The molecule has 0 aliphatic rings. The van der Waals surface area contributed by atoms with Gasteiger partial charge in [-0.05, 0) is 0 Å². The van der Waals surface area contributed by atoms with Gasteiger partial charge in [0.05, 0.1) is 0 Å². The van der Waals surface area contributed by atoms with E-state index in [2.05, 4.69) is 0 Å². The first kappa shape index (κ1) is 17.2. The molecule has 0 fully saturated rings. The van der Waals surface area contributed by atoms with Crippen LogP contribution >= 0.6 is 33.0 Å². The molecule has 0 amide bonds. The Morgan fingerprint density at radius 2 is 0.857 bits per heavy atom. The number of thiocyanates is 4. The second kappa shape index (κ2) is 10.3. The Morgan fingerprint density at radius 1 is 0.643 bits per heavy atom. The molecule has 0 N–H and O–H groups in total. The van der Waals surface area contributed by atoms with Crippen LogP contribution in [-0.4, -0.2) is 0 Å². The molecule has 0 rings (SSSR count). The van der Waals surface area contributed by atoms with Crippen LogP contribution in [0.3, 0.4) is 0 Å². The molecule has 0 aromatic carbocycles. The summed E-state index contributed by atoms with van der Waals surface area (Å²) in [6, 6.07) is 0. The van der Waals surface area contributed by atoms with Crippen LogP contribution in [0.25, 0.3) is 0 Å². The van der Waals surface area contributed by atoms with Crippen molar-refractivity contribution in [3.63, 3.8) is 0 Å². The maximum Gasteiger partial charge on any atom is 2.00 e. The third-order valence-electron chi connectivity index (χ3n) is 0.965. The van der Waals surface area contributed by atoms with E-state index in [-0.39, 0.29) is 16.8 Å². The average molecular weight is 492 g/mol. The van der Waals surface area contributed by atoms with E-state index in [1.165, 1.54) is 0 Å². The van der Waals surface area contributed by atoms with Crippen LogP contribution in [0.4, 0.5) is 0 Å². The zero-order valence-electron chi connectivity index (χ0n) is 6.46. The fourth-order valence-corrected chi connectivity index (χ4v) is 38.9. The van der Waals surface area contributed by atoms with Crippen molar-refractivity contribution in [2.75, 3.05) is 0 Å². The topological polar surface area (TPSA) is 95.2 Å². The van der Waals surface area contributed by atoms with Crippen LogP contribution < -0.4 is 0 Å². The van der Waals surface area contributed by atoms with E-state index in [0.717, 1.165) is 33.0 Å². The Labute approximate surface area is 106 Å². The van der Waals surface area contributed by atoms with Crippen molar-refractivity contribution in [3.8, 4) is 21.6 Å². The Morgan fingerprint density at radius 3 is 1.00 bits per heavy atom. The summed E-state index contributed by atoms with van der Waals surface area (Å²) < 4.78 is 0. The maximum atomic E-state index is 8.49. The van der Waals surface area contributed by atoms with Crippen LogP contribution in [0, 0.1) is 42.7 Å². The van der Waals surface area contributed by atoms with Crippen LogP contribution in [0.1, 0.15) is 0 Å². The van der Waals surface area contributed by atoms with Gasteiger partial charge >= 0.3 is 108 Å². The third kappa shape index (κ3) is 6.32. The number of hydrogen-bond acceptors (Lipinski definition) is 8. The van der Waals surface area contributed by atoms with Gasteiger partial charge in [-0.1, -0.05) is 0 Å². The molecule has 0 bridgehead atoms. The molecular formula is C4CoHgN4S4. The zero-order valence-corrected chi connectivity index (χ0v) is 16.3. The summed E-state index contributed by atoms with van der Waals surface area (Å²) in [5.41, 5.74) is 0. The van der Waals surface area contributed by atoms with Crippen molar-refractivity contribution in [1.82, 2.24) is 0 Å². The van der Waals surface area contributed by atoms with Crippen molar-refractivity contribution >= 4 is 33.0 Å². The minimum Gasteiger partial charge on any atom is 2.00 e. The van der Waals surface area contributed by atoms with Gasteiger partial charge in [0.2, 0.25) is 0 Å². The number of hydrogen-bond donors (Lipinski definition) is 0. The molecule has 0 aliphatic heterocycles. The van der Waals surface area contributed by atoms with Gasteiger partial charge in [-0.2, -0.15) is 0 Å². The summed E-state index contributed by atoms with van der Waals surface area (Å²) in [4.78, 5) is 0. The summed E-state index contributed by atoms with van der Waals surface area (Å²) in [6.45, 7) is 0. The molecule has 4 nitrogen and oxygen atoms in total. The van der Waals surface area contributed by atoms with Crippen molar-refractivity contribution in [2.24, 2.45) is 0 Å². The van der Waals surface area contributed by atoms with E-state index in [0.29, 0.717) is 0 Å². The fraction of sp³-hybridized carbons (Fsp3) is 0. The van der Waals surface area contributed by atoms with Gasteiger partial charge in [0, 0.05) is 0 Å². The second-order valence-electron chi connectivity index (χ2n) is 1.65. The molecule has 1 radical (unpaired) electrons. The van der Waals surface area contributed by atoms with Crippen LogP contribution in [0.5, 0.6) is 0 Å². The van der Waals surface area contributed by atoms with Crippen molar-refractivity contribution in [2.45, 2.75) is 0 Å². The van der Waals surface area contributed by atoms with Crippen LogP contribution in [-0.2, 0) is 32.2 Å². The molecule has 0 saturated carbocycles. The molecule has 0 atom stereocenters. The summed E-state index contributed by atoms with van der Waals surface area (Å²) >= 11 is -3.62. The van der Waals surface area contributed by atoms with E-state index >= 15 is 0 Å². The first-order valence-electron chi connectivity index (χ1n) is 2.87. The van der Waals surface area contributed by atoms with Crippen molar-refractivity contribution in [3.05, 3.63) is 0 Å². The van der Waals surface area contributed by atoms with Gasteiger partial charge in [0.1, 0.15) is 0 Å². The first-order chi connectivity index (χ1) is 6.24. The Hall–Kier alpha value is 0.802. The van der Waals surface area contributed by atoms with E-state index in [1.807, 2.05) is 21.6 Å². The molecule has 0 spiro atoms. The van der Waals surface area contributed by atoms with Crippen LogP contribution in [0.2, 0.25) is 0 Å². The summed E-state index contributed by atoms with van der Waals surface area (Å²) in [6.07, 6.45) is 0. The SMILES string of the molecule is N#C[S][Hg-2]([S]C#N)([S]C#N)[S]C#N.[Co+2]. The quantitative estimate of drug-likeness (QED) is 0.437. The minimum atomic E-state index is -3.62. The largest absolute Gasteiger partial charge is 2.00 e. The normalized spacial score (nSPS) is 8.29. The third-order valence-corrected chi connectivity index (χ3v) is 62.6. The molecule has 0 aliphatic carbocycles. The maximum absolute atomic E-state index is 8.49. The minimum absolute atomic E-state index is 0. The molecule has 0 aromatic heterocycles. The van der Waals surface area contributed by atoms with E-state index < -0.39 is 15.4 Å². The van der Waals surface area contributed by atoms with Crippen molar-refractivity contribution in [1.29, 1.82) is 21.0 Å². The Balaban J connectivity index is 0. The molecule has 10 heteroatoms. The summed E-state index contributed by atoms with van der Waals surface area (Å²) in [5.74, 6) is 0. The standard InChI is InChI=1S/4CHNS.Co.Hg/c4*2-1-3;;/h4*3H;;/q;;;;2*+2/p-4. The van der Waals surface area contributed by atoms with Crippen LogP contribution in [0.15, 0.2) is 0 Å². The van der Waals surface area contributed by atoms with Gasteiger partial charge < -0.3 is 0 Å². The van der Waals surface area contributed by atoms with Gasteiger partial charge in [0.15, 0.2) is 0 Å². The Bertz CT molecular complexity index is 266. The van der Waals surface area contributed by atoms with Gasteiger partial charge in [-0.15, -0.1) is 0 Å². The predicted octanol–water partition coefficient (Wildman–Crippen LogP) is 2.65. The molecule has 71 valence electrons. The van der Waals surface area contributed by atoms with E-state index in [1.54, 1.807) is 0 Å². The second-order valence-corrected chi connectivity index (χ2v) is 72.1. The molecular weight excluding hydrogens is 492 g/mol. The molecule has 0 saturated heterocycles. The monoisotopic (exact) mass is 493 g/mol. The summed E-state index contributed by atoms with van der Waals surface area (Å²) in [7, 11) is 3.84. The van der Waals surface area contributed by atoms with E-state index in [4.69, 9.17) is 21.0 Å². The number of nitrogens with zero attached hydrogens (tertiary/aromatic N) is 4. The predicted molar refractivity (Wildman–Crippen MR) is 52.8 cm³/mol. The molecule has 0 heterocycles. The number of rotatable bonds is 4. The summed E-state index contributed by atoms with van der Waals surface area (Å²) in [5, 5.41) is 41.4. The molecule has 0 aromatic rings. The average Bonchev–Trinajstić information content (AvgIpc) is 2.06. The smallest absolute Gasteiger partial charge is 2.00 e. The van der Waals surface area contributed by atoms with Gasteiger partial charge in [-0.3, -0.25) is 0 Å². The van der Waals surface area contributed by atoms with Crippen molar-refractivity contribution < 1.29 is 32.2 Å². The molecule has 14 heavy (non-hydrogen) atoms. The van der Waals surface area contributed by atoms with Gasteiger partial charge in [-0.25, -0.2) is 0 Å². The fourth-order valence-electron chi connectivity index (χ4n) is 0.493. The van der Waals surface area contributed by atoms with Gasteiger partial charge in [0.25, 0.3) is 0 Å². The van der Waals surface area contributed by atoms with E-state index in [9.17, 15) is 0 Å².